The van der Waals surface area contributed by atoms with E-state index in [4.69, 9.17) is 10.2 Å². The molecule has 11 heavy (non-hydrogen) atoms. The van der Waals surface area contributed by atoms with Gasteiger partial charge in [0.2, 0.25) is 0 Å². The van der Waals surface area contributed by atoms with Crippen LogP contribution >= 0.6 is 15.9 Å². The molecular formula is C8H6BrNO. The maximum atomic E-state index is 5.61. The molecular weight excluding hydrogens is 206 g/mol. The summed E-state index contributed by atoms with van der Waals surface area (Å²) in [4.78, 5) is 0. The van der Waals surface area contributed by atoms with Crippen LogP contribution < -0.4 is 5.73 Å². The third-order valence-electron chi connectivity index (χ3n) is 1.53. The molecule has 3 heteroatoms. The van der Waals surface area contributed by atoms with Crippen molar-refractivity contribution in [2.75, 3.05) is 5.73 Å². The van der Waals surface area contributed by atoms with Crippen molar-refractivity contribution in [2.45, 2.75) is 0 Å². The van der Waals surface area contributed by atoms with Crippen molar-refractivity contribution >= 4 is 32.6 Å². The maximum Gasteiger partial charge on any atom is 0.148 e. The second kappa shape index (κ2) is 2.27. The lowest BCUT2D eigenvalue weighted by Crippen LogP contribution is -1.82. The smallest absolute Gasteiger partial charge is 0.148 e. The Morgan fingerprint density at radius 1 is 1.36 bits per heavy atom. The van der Waals surface area contributed by atoms with Gasteiger partial charge in [0, 0.05) is 11.1 Å². The second-order valence-corrected chi connectivity index (χ2v) is 3.20. The zero-order chi connectivity index (χ0) is 7.84. The molecule has 0 aliphatic carbocycles. The Kier molecular flexibility index (Phi) is 1.39. The van der Waals surface area contributed by atoms with Gasteiger partial charge in [-0.05, 0) is 34.1 Å². The first-order chi connectivity index (χ1) is 5.27. The fourth-order valence-electron chi connectivity index (χ4n) is 1.06. The predicted molar refractivity (Wildman–Crippen MR) is 48.3 cm³/mol. The first-order valence-corrected chi connectivity index (χ1v) is 3.99. The molecule has 56 valence electrons. The summed E-state index contributed by atoms with van der Waals surface area (Å²) in [5.41, 5.74) is 7.20. The summed E-state index contributed by atoms with van der Waals surface area (Å²) in [5, 5.41) is 1.02. The van der Waals surface area contributed by atoms with E-state index in [2.05, 4.69) is 15.9 Å². The summed E-state index contributed by atoms with van der Waals surface area (Å²) in [5.74, 6) is 0. The van der Waals surface area contributed by atoms with Gasteiger partial charge in [-0.2, -0.15) is 0 Å². The zero-order valence-electron chi connectivity index (χ0n) is 5.67. The van der Waals surface area contributed by atoms with Gasteiger partial charge in [-0.3, -0.25) is 0 Å². The van der Waals surface area contributed by atoms with Crippen LogP contribution in [0.15, 0.2) is 33.4 Å². The van der Waals surface area contributed by atoms with Crippen molar-refractivity contribution in [3.63, 3.8) is 0 Å². The van der Waals surface area contributed by atoms with E-state index in [1.54, 1.807) is 6.26 Å². The highest BCUT2D eigenvalue weighted by molar-refractivity contribution is 9.10. The number of benzene rings is 1. The van der Waals surface area contributed by atoms with Crippen LogP contribution in [0.5, 0.6) is 0 Å². The van der Waals surface area contributed by atoms with Crippen LogP contribution in [0.25, 0.3) is 11.0 Å². The van der Waals surface area contributed by atoms with Crippen LogP contribution in [0, 0.1) is 0 Å². The van der Waals surface area contributed by atoms with Gasteiger partial charge >= 0.3 is 0 Å². The van der Waals surface area contributed by atoms with Gasteiger partial charge in [-0.1, -0.05) is 0 Å². The molecule has 1 aromatic carbocycles. The Labute approximate surface area is 72.1 Å². The molecule has 1 heterocycles. The molecule has 0 atom stereocenters. The quantitative estimate of drug-likeness (QED) is 0.682. The van der Waals surface area contributed by atoms with Crippen molar-refractivity contribution < 1.29 is 4.42 Å². The van der Waals surface area contributed by atoms with Crippen molar-refractivity contribution in [2.24, 2.45) is 0 Å². The van der Waals surface area contributed by atoms with E-state index < -0.39 is 0 Å². The van der Waals surface area contributed by atoms with Crippen molar-refractivity contribution in [3.05, 3.63) is 28.9 Å². The summed E-state index contributed by atoms with van der Waals surface area (Å²) < 4.78 is 6.10. The maximum absolute atomic E-state index is 5.61. The Hall–Kier alpha value is -0.960. The third kappa shape index (κ3) is 1.01. The number of anilines is 1. The summed E-state index contributed by atoms with van der Waals surface area (Å²) in [6, 6.07) is 5.59. The fraction of sp³-hybridized carbons (Fsp3) is 0. The molecule has 1 aromatic heterocycles. The molecule has 0 fully saturated rings. The first kappa shape index (κ1) is 6.73. The molecule has 2 N–H and O–H groups in total. The fourth-order valence-corrected chi connectivity index (χ4v) is 1.65. The van der Waals surface area contributed by atoms with Crippen LogP contribution in [0.2, 0.25) is 0 Å². The van der Waals surface area contributed by atoms with Gasteiger partial charge in [0.15, 0.2) is 0 Å². The molecule has 0 saturated carbocycles. The Morgan fingerprint density at radius 3 is 3.00 bits per heavy atom. The lowest BCUT2D eigenvalue weighted by atomic mass is 10.2. The van der Waals surface area contributed by atoms with E-state index in [0.717, 1.165) is 21.1 Å². The highest BCUT2D eigenvalue weighted by atomic mass is 79.9. The molecule has 0 unspecified atom stereocenters. The molecule has 0 spiro atoms. The summed E-state index contributed by atoms with van der Waals surface area (Å²) in [6.45, 7) is 0. The van der Waals surface area contributed by atoms with Gasteiger partial charge in [0.1, 0.15) is 5.58 Å². The number of fused-ring (bicyclic) bond motifs is 1. The van der Waals surface area contributed by atoms with Crippen molar-refractivity contribution in [3.8, 4) is 0 Å². The van der Waals surface area contributed by atoms with Crippen LogP contribution in [-0.4, -0.2) is 0 Å². The van der Waals surface area contributed by atoms with E-state index >= 15 is 0 Å². The lowest BCUT2D eigenvalue weighted by Gasteiger charge is -1.94. The molecule has 0 saturated heterocycles. The van der Waals surface area contributed by atoms with Gasteiger partial charge in [-0.25, -0.2) is 0 Å². The van der Waals surface area contributed by atoms with Crippen LogP contribution in [0.1, 0.15) is 0 Å². The minimum atomic E-state index is 0.741. The Balaban J connectivity index is 2.91. The lowest BCUT2D eigenvalue weighted by molar-refractivity contribution is 0.614. The van der Waals surface area contributed by atoms with Gasteiger partial charge in [0.25, 0.3) is 0 Å². The molecule has 2 nitrogen and oxygen atoms in total. The molecule has 0 aliphatic heterocycles. The highest BCUT2D eigenvalue weighted by Crippen LogP contribution is 2.27. The first-order valence-electron chi connectivity index (χ1n) is 3.19. The molecule has 0 amide bonds. The van der Waals surface area contributed by atoms with E-state index in [1.807, 2.05) is 18.2 Å². The minimum absolute atomic E-state index is 0.741. The number of hydrogen-bond donors (Lipinski definition) is 1. The highest BCUT2D eigenvalue weighted by Gasteiger charge is 2.01. The van der Waals surface area contributed by atoms with Crippen molar-refractivity contribution in [1.29, 1.82) is 0 Å². The minimum Gasteiger partial charge on any atom is -0.463 e. The van der Waals surface area contributed by atoms with Crippen molar-refractivity contribution in [1.82, 2.24) is 0 Å². The summed E-state index contributed by atoms with van der Waals surface area (Å²) >= 11 is 3.35. The number of halogens is 1. The van der Waals surface area contributed by atoms with E-state index in [-0.39, 0.29) is 0 Å². The zero-order valence-corrected chi connectivity index (χ0v) is 7.26. The Morgan fingerprint density at radius 2 is 2.18 bits per heavy atom. The third-order valence-corrected chi connectivity index (χ3v) is 2.12. The molecule has 2 aromatic rings. The average molecular weight is 212 g/mol. The van der Waals surface area contributed by atoms with Gasteiger partial charge in [-0.15, -0.1) is 0 Å². The molecule has 2 rings (SSSR count). The molecule has 0 aliphatic rings. The summed E-state index contributed by atoms with van der Waals surface area (Å²) in [7, 11) is 0. The normalized spacial score (nSPS) is 10.6. The van der Waals surface area contributed by atoms with E-state index in [9.17, 15) is 0 Å². The van der Waals surface area contributed by atoms with Crippen LogP contribution in [0.4, 0.5) is 5.69 Å². The number of furan rings is 1. The number of hydrogen-bond acceptors (Lipinski definition) is 2. The van der Waals surface area contributed by atoms with Gasteiger partial charge < -0.3 is 10.2 Å². The van der Waals surface area contributed by atoms with Gasteiger partial charge in [0.05, 0.1) is 10.7 Å². The Bertz CT molecular complexity index is 394. The summed E-state index contributed by atoms with van der Waals surface area (Å²) in [6.07, 6.45) is 1.65. The topological polar surface area (TPSA) is 39.2 Å². The molecule has 0 radical (unpaired) electrons. The average Bonchev–Trinajstić information content (AvgIpc) is 2.34. The molecule has 0 bridgehead atoms. The monoisotopic (exact) mass is 211 g/mol. The standard InChI is InChI=1S/C8H6BrNO/c9-7-4-6(10)3-5-1-2-11-8(5)7/h1-4H,10H2. The largest absolute Gasteiger partial charge is 0.463 e. The number of nitrogens with two attached hydrogens (primary N) is 1. The predicted octanol–water partition coefficient (Wildman–Crippen LogP) is 2.78. The SMILES string of the molecule is Nc1cc(Br)c2occc2c1. The van der Waals surface area contributed by atoms with E-state index in [1.165, 1.54) is 0 Å². The van der Waals surface area contributed by atoms with E-state index in [0.29, 0.717) is 0 Å². The van der Waals surface area contributed by atoms with Crippen LogP contribution in [-0.2, 0) is 0 Å². The number of nitrogen functional groups attached to an aromatic ring is 1. The number of rotatable bonds is 0. The van der Waals surface area contributed by atoms with Crippen LogP contribution in [0.3, 0.4) is 0 Å². The second-order valence-electron chi connectivity index (χ2n) is 2.34.